The summed E-state index contributed by atoms with van der Waals surface area (Å²) in [6, 6.07) is 19.8. The van der Waals surface area contributed by atoms with Crippen molar-refractivity contribution in [3.63, 3.8) is 0 Å². The van der Waals surface area contributed by atoms with Crippen molar-refractivity contribution in [2.75, 3.05) is 0 Å². The molecule has 35 heavy (non-hydrogen) atoms. The summed E-state index contributed by atoms with van der Waals surface area (Å²) >= 11 is 12.2. The number of rotatable bonds is 8. The first-order chi connectivity index (χ1) is 16.5. The molecule has 3 rings (SSSR count). The summed E-state index contributed by atoms with van der Waals surface area (Å²) < 4.78 is 14.6. The summed E-state index contributed by atoms with van der Waals surface area (Å²) in [7, 11) is 0. The molecule has 0 bridgehead atoms. The summed E-state index contributed by atoms with van der Waals surface area (Å²) in [6.45, 7) is 5.58. The van der Waals surface area contributed by atoms with E-state index in [2.05, 4.69) is 5.32 Å². The number of amides is 2. The first kappa shape index (κ1) is 26.7. The summed E-state index contributed by atoms with van der Waals surface area (Å²) in [4.78, 5) is 28.6. The summed E-state index contributed by atoms with van der Waals surface area (Å²) in [5.74, 6) is -1.06. The Kier molecular flexibility index (Phi) is 8.92. The molecule has 0 spiro atoms. The van der Waals surface area contributed by atoms with Gasteiger partial charge in [0.05, 0.1) is 16.5 Å². The predicted octanol–water partition coefficient (Wildman–Crippen LogP) is 6.23. The first-order valence-electron chi connectivity index (χ1n) is 11.4. The van der Waals surface area contributed by atoms with Crippen LogP contribution in [0.3, 0.4) is 0 Å². The van der Waals surface area contributed by atoms with Crippen molar-refractivity contribution < 1.29 is 14.0 Å². The number of halogens is 3. The van der Waals surface area contributed by atoms with Gasteiger partial charge in [-0.25, -0.2) is 4.39 Å². The zero-order chi connectivity index (χ0) is 25.6. The molecule has 7 heteroatoms. The fraction of sp³-hybridized carbons (Fsp3) is 0.286. The van der Waals surface area contributed by atoms with Gasteiger partial charge in [0, 0.05) is 24.1 Å². The number of nitrogens with one attached hydrogen (secondary N) is 1. The van der Waals surface area contributed by atoms with Crippen molar-refractivity contribution in [3.8, 4) is 0 Å². The van der Waals surface area contributed by atoms with Crippen LogP contribution >= 0.6 is 23.2 Å². The van der Waals surface area contributed by atoms with Crippen LogP contribution in [0.15, 0.2) is 72.8 Å². The van der Waals surface area contributed by atoms with Gasteiger partial charge in [-0.1, -0.05) is 77.8 Å². The number of carbonyl (C=O) groups is 2. The maximum absolute atomic E-state index is 14.6. The minimum Gasteiger partial charge on any atom is -0.350 e. The zero-order valence-electron chi connectivity index (χ0n) is 20.0. The Hall–Kier alpha value is -2.89. The van der Waals surface area contributed by atoms with Crippen LogP contribution in [0.25, 0.3) is 0 Å². The summed E-state index contributed by atoms with van der Waals surface area (Å²) in [5, 5.41) is 3.71. The molecule has 3 aromatic rings. The maximum Gasteiger partial charge on any atom is 0.243 e. The fourth-order valence-corrected chi connectivity index (χ4v) is 4.06. The standard InChI is InChI=1S/C28H29Cl2FN2O2/c1-28(2,3)32-27(35)25(16-19-9-5-4-6-10-19)33(18-21-11-7-8-12-24(21)31)26(34)17-20-13-14-22(29)23(30)15-20/h4-15,25H,16-18H2,1-3H3,(H,32,35)/t25-/m1/s1. The molecule has 1 N–H and O–H groups in total. The normalized spacial score (nSPS) is 12.2. The molecule has 0 aliphatic heterocycles. The highest BCUT2D eigenvalue weighted by Gasteiger charge is 2.32. The van der Waals surface area contributed by atoms with Crippen LogP contribution in [0.5, 0.6) is 0 Å². The van der Waals surface area contributed by atoms with Crippen molar-refractivity contribution in [3.05, 3.63) is 105 Å². The third-order valence-corrected chi connectivity index (χ3v) is 6.15. The van der Waals surface area contributed by atoms with Gasteiger partial charge in [-0.05, 0) is 50.1 Å². The molecule has 0 heterocycles. The van der Waals surface area contributed by atoms with Crippen molar-refractivity contribution in [2.24, 2.45) is 0 Å². The van der Waals surface area contributed by atoms with E-state index in [0.717, 1.165) is 5.56 Å². The van der Waals surface area contributed by atoms with E-state index in [-0.39, 0.29) is 31.2 Å². The lowest BCUT2D eigenvalue weighted by Crippen LogP contribution is -2.54. The molecule has 4 nitrogen and oxygen atoms in total. The minimum atomic E-state index is -0.855. The van der Waals surface area contributed by atoms with Crippen LogP contribution in [-0.2, 0) is 29.0 Å². The Labute approximate surface area is 216 Å². The average Bonchev–Trinajstić information content (AvgIpc) is 2.79. The second-order valence-corrected chi connectivity index (χ2v) is 10.3. The van der Waals surface area contributed by atoms with E-state index in [1.807, 2.05) is 51.1 Å². The Bertz CT molecular complexity index is 1180. The lowest BCUT2D eigenvalue weighted by atomic mass is 9.99. The Morgan fingerprint density at radius 1 is 0.914 bits per heavy atom. The van der Waals surface area contributed by atoms with Gasteiger partial charge in [0.2, 0.25) is 11.8 Å². The maximum atomic E-state index is 14.6. The van der Waals surface area contributed by atoms with Gasteiger partial charge in [0.1, 0.15) is 11.9 Å². The van der Waals surface area contributed by atoms with E-state index in [4.69, 9.17) is 23.2 Å². The molecular weight excluding hydrogens is 486 g/mol. The highest BCUT2D eigenvalue weighted by molar-refractivity contribution is 6.42. The van der Waals surface area contributed by atoms with Gasteiger partial charge in [0.25, 0.3) is 0 Å². The number of nitrogens with zero attached hydrogens (tertiary/aromatic N) is 1. The predicted molar refractivity (Wildman–Crippen MR) is 139 cm³/mol. The molecule has 0 unspecified atom stereocenters. The SMILES string of the molecule is CC(C)(C)NC(=O)[C@@H](Cc1ccccc1)N(Cc1ccccc1F)C(=O)Cc1ccc(Cl)c(Cl)c1. The van der Waals surface area contributed by atoms with E-state index in [1.54, 1.807) is 36.4 Å². The number of carbonyl (C=O) groups excluding carboxylic acids is 2. The van der Waals surface area contributed by atoms with Crippen molar-refractivity contribution in [1.82, 2.24) is 10.2 Å². The molecule has 1 atom stereocenters. The Morgan fingerprint density at radius 2 is 1.57 bits per heavy atom. The van der Waals surface area contributed by atoms with E-state index < -0.39 is 17.4 Å². The van der Waals surface area contributed by atoms with Crippen LogP contribution in [0.1, 0.15) is 37.5 Å². The second kappa shape index (κ2) is 11.7. The van der Waals surface area contributed by atoms with Crippen molar-refractivity contribution >= 4 is 35.0 Å². The first-order valence-corrected chi connectivity index (χ1v) is 12.1. The molecule has 184 valence electrons. The molecule has 0 saturated heterocycles. The van der Waals surface area contributed by atoms with E-state index in [9.17, 15) is 14.0 Å². The quantitative estimate of drug-likeness (QED) is 0.387. The van der Waals surface area contributed by atoms with Gasteiger partial charge in [-0.2, -0.15) is 0 Å². The molecule has 0 aromatic heterocycles. The molecule has 0 radical (unpaired) electrons. The summed E-state index contributed by atoms with van der Waals surface area (Å²) in [5.41, 5.74) is 1.36. The Morgan fingerprint density at radius 3 is 2.20 bits per heavy atom. The van der Waals surface area contributed by atoms with Crippen molar-refractivity contribution in [2.45, 2.75) is 51.7 Å². The molecule has 0 aliphatic rings. The number of hydrogen-bond acceptors (Lipinski definition) is 2. The monoisotopic (exact) mass is 514 g/mol. The van der Waals surface area contributed by atoms with Gasteiger partial charge >= 0.3 is 0 Å². The summed E-state index contributed by atoms with van der Waals surface area (Å²) in [6.07, 6.45) is 0.268. The second-order valence-electron chi connectivity index (χ2n) is 9.48. The van der Waals surface area contributed by atoms with E-state index in [1.165, 1.54) is 11.0 Å². The third-order valence-electron chi connectivity index (χ3n) is 5.41. The molecule has 0 aliphatic carbocycles. The third kappa shape index (κ3) is 7.81. The average molecular weight is 515 g/mol. The smallest absolute Gasteiger partial charge is 0.243 e. The van der Waals surface area contributed by atoms with Crippen molar-refractivity contribution in [1.29, 1.82) is 0 Å². The van der Waals surface area contributed by atoms with Gasteiger partial charge < -0.3 is 10.2 Å². The zero-order valence-corrected chi connectivity index (χ0v) is 21.5. The van der Waals surface area contributed by atoms with Crippen LogP contribution in [0.2, 0.25) is 10.0 Å². The molecule has 3 aromatic carbocycles. The fourth-order valence-electron chi connectivity index (χ4n) is 3.74. The molecular formula is C28H29Cl2FN2O2. The number of hydrogen-bond donors (Lipinski definition) is 1. The lowest BCUT2D eigenvalue weighted by Gasteiger charge is -2.34. The van der Waals surface area contributed by atoms with E-state index >= 15 is 0 Å². The highest BCUT2D eigenvalue weighted by atomic mass is 35.5. The van der Waals surface area contributed by atoms with Gasteiger partial charge in [-0.3, -0.25) is 9.59 Å². The van der Waals surface area contributed by atoms with Gasteiger partial charge in [0.15, 0.2) is 0 Å². The Balaban J connectivity index is 2.01. The molecule has 0 saturated carbocycles. The largest absolute Gasteiger partial charge is 0.350 e. The van der Waals surface area contributed by atoms with Crippen LogP contribution in [0, 0.1) is 5.82 Å². The minimum absolute atomic E-state index is 0.0145. The lowest BCUT2D eigenvalue weighted by molar-refractivity contribution is -0.141. The van der Waals surface area contributed by atoms with Gasteiger partial charge in [-0.15, -0.1) is 0 Å². The number of benzene rings is 3. The molecule has 0 fully saturated rings. The van der Waals surface area contributed by atoms with E-state index in [0.29, 0.717) is 21.2 Å². The van der Waals surface area contributed by atoms with Crippen LogP contribution in [0.4, 0.5) is 4.39 Å². The van der Waals surface area contributed by atoms with Crippen LogP contribution in [-0.4, -0.2) is 28.3 Å². The molecule has 2 amide bonds. The van der Waals surface area contributed by atoms with Crippen LogP contribution < -0.4 is 5.32 Å². The topological polar surface area (TPSA) is 49.4 Å². The highest BCUT2D eigenvalue weighted by Crippen LogP contribution is 2.24.